The fourth-order valence-corrected chi connectivity index (χ4v) is 1.82. The van der Waals surface area contributed by atoms with Crippen LogP contribution < -0.4 is 14.8 Å². The van der Waals surface area contributed by atoms with E-state index >= 15 is 0 Å². The smallest absolute Gasteiger partial charge is 0.320 e. The molecule has 0 saturated heterocycles. The molecule has 5 heteroatoms. The molecule has 5 nitrogen and oxygen atoms in total. The number of rotatable bonds is 9. The number of carboxylic acid groups (broad SMARTS) is 1. The third kappa shape index (κ3) is 5.09. The van der Waals surface area contributed by atoms with Gasteiger partial charge in [0, 0.05) is 6.54 Å². The third-order valence-electron chi connectivity index (χ3n) is 3.27. The van der Waals surface area contributed by atoms with Crippen LogP contribution in [-0.4, -0.2) is 37.4 Å². The van der Waals surface area contributed by atoms with Crippen LogP contribution in [0.3, 0.4) is 0 Å². The Morgan fingerprint density at radius 3 is 2.40 bits per heavy atom. The monoisotopic (exact) mass is 281 g/mol. The van der Waals surface area contributed by atoms with Crippen molar-refractivity contribution >= 4 is 5.97 Å². The van der Waals surface area contributed by atoms with Crippen molar-refractivity contribution in [3.63, 3.8) is 0 Å². The SMILES string of the molecule is CC[C@H](C)[C@H](NCCOc1ccc(OC)cc1)C(=O)O. The summed E-state index contributed by atoms with van der Waals surface area (Å²) in [5, 5.41) is 12.1. The Balaban J connectivity index is 2.34. The van der Waals surface area contributed by atoms with Crippen LogP contribution in [0.15, 0.2) is 24.3 Å². The van der Waals surface area contributed by atoms with E-state index in [1.165, 1.54) is 0 Å². The number of hydrogen-bond donors (Lipinski definition) is 2. The summed E-state index contributed by atoms with van der Waals surface area (Å²) in [5.41, 5.74) is 0. The highest BCUT2D eigenvalue weighted by Crippen LogP contribution is 2.16. The number of nitrogens with one attached hydrogen (secondary N) is 1. The number of hydrogen-bond acceptors (Lipinski definition) is 4. The van der Waals surface area contributed by atoms with Gasteiger partial charge in [0.2, 0.25) is 0 Å². The zero-order chi connectivity index (χ0) is 15.0. The first-order valence-corrected chi connectivity index (χ1v) is 6.81. The molecular formula is C15H23NO4. The standard InChI is InChI=1S/C15H23NO4/c1-4-11(2)14(15(17)18)16-9-10-20-13-7-5-12(19-3)6-8-13/h5-8,11,14,16H,4,9-10H2,1-3H3,(H,17,18)/t11-,14-/m0/s1. The van der Waals surface area contributed by atoms with Gasteiger partial charge < -0.3 is 19.9 Å². The first-order chi connectivity index (χ1) is 9.58. The van der Waals surface area contributed by atoms with Crippen molar-refractivity contribution in [1.82, 2.24) is 5.32 Å². The van der Waals surface area contributed by atoms with Crippen molar-refractivity contribution in [2.75, 3.05) is 20.3 Å². The molecule has 1 rings (SSSR count). The Morgan fingerprint density at radius 2 is 1.90 bits per heavy atom. The molecule has 0 aromatic heterocycles. The first-order valence-electron chi connectivity index (χ1n) is 6.81. The van der Waals surface area contributed by atoms with Gasteiger partial charge in [0.25, 0.3) is 0 Å². The summed E-state index contributed by atoms with van der Waals surface area (Å²) in [5.74, 6) is 0.790. The zero-order valence-electron chi connectivity index (χ0n) is 12.3. The predicted octanol–water partition coefficient (Wildman–Crippen LogP) is 2.16. The van der Waals surface area contributed by atoms with Crippen molar-refractivity contribution in [2.24, 2.45) is 5.92 Å². The van der Waals surface area contributed by atoms with Gasteiger partial charge in [0.05, 0.1) is 7.11 Å². The number of aliphatic carboxylic acids is 1. The molecule has 0 amide bonds. The van der Waals surface area contributed by atoms with Gasteiger partial charge in [-0.1, -0.05) is 20.3 Å². The maximum Gasteiger partial charge on any atom is 0.320 e. The van der Waals surface area contributed by atoms with Crippen LogP contribution in [0.2, 0.25) is 0 Å². The summed E-state index contributed by atoms with van der Waals surface area (Å²) in [7, 11) is 1.61. The van der Waals surface area contributed by atoms with E-state index < -0.39 is 12.0 Å². The Bertz CT molecular complexity index is 405. The molecule has 0 saturated carbocycles. The Morgan fingerprint density at radius 1 is 1.30 bits per heavy atom. The van der Waals surface area contributed by atoms with E-state index in [0.29, 0.717) is 13.2 Å². The minimum absolute atomic E-state index is 0.0912. The molecule has 2 atom stereocenters. The van der Waals surface area contributed by atoms with Crippen molar-refractivity contribution in [1.29, 1.82) is 0 Å². The molecule has 0 aliphatic rings. The molecule has 0 aliphatic heterocycles. The molecule has 0 unspecified atom stereocenters. The lowest BCUT2D eigenvalue weighted by atomic mass is 9.99. The summed E-state index contributed by atoms with van der Waals surface area (Å²) in [6.45, 7) is 4.83. The van der Waals surface area contributed by atoms with Crippen molar-refractivity contribution < 1.29 is 19.4 Å². The van der Waals surface area contributed by atoms with Gasteiger partial charge in [-0.3, -0.25) is 4.79 Å². The fraction of sp³-hybridized carbons (Fsp3) is 0.533. The van der Waals surface area contributed by atoms with Gasteiger partial charge in [-0.25, -0.2) is 0 Å². The highest BCUT2D eigenvalue weighted by atomic mass is 16.5. The number of methoxy groups -OCH3 is 1. The van der Waals surface area contributed by atoms with Crippen LogP contribution in [0.5, 0.6) is 11.5 Å². The van der Waals surface area contributed by atoms with Crippen LogP contribution in [0, 0.1) is 5.92 Å². The number of ether oxygens (including phenoxy) is 2. The normalized spacial score (nSPS) is 13.6. The fourth-order valence-electron chi connectivity index (χ4n) is 1.82. The zero-order valence-corrected chi connectivity index (χ0v) is 12.3. The quantitative estimate of drug-likeness (QED) is 0.679. The minimum Gasteiger partial charge on any atom is -0.497 e. The average molecular weight is 281 g/mol. The van der Waals surface area contributed by atoms with Crippen molar-refractivity contribution in [3.05, 3.63) is 24.3 Å². The van der Waals surface area contributed by atoms with E-state index in [9.17, 15) is 4.79 Å². The van der Waals surface area contributed by atoms with Gasteiger partial charge in [-0.2, -0.15) is 0 Å². The summed E-state index contributed by atoms with van der Waals surface area (Å²) < 4.78 is 10.6. The van der Waals surface area contributed by atoms with Crippen molar-refractivity contribution in [3.8, 4) is 11.5 Å². The maximum absolute atomic E-state index is 11.1. The van der Waals surface area contributed by atoms with Gasteiger partial charge in [0.1, 0.15) is 24.1 Å². The summed E-state index contributed by atoms with van der Waals surface area (Å²) in [6.07, 6.45) is 0.823. The second kappa shape index (κ2) is 8.43. The molecule has 112 valence electrons. The van der Waals surface area contributed by atoms with E-state index in [0.717, 1.165) is 17.9 Å². The van der Waals surface area contributed by atoms with Gasteiger partial charge in [-0.15, -0.1) is 0 Å². The Kier molecular flexibility index (Phi) is 6.87. The average Bonchev–Trinajstić information content (AvgIpc) is 2.46. The van der Waals surface area contributed by atoms with Crippen LogP contribution in [0.1, 0.15) is 20.3 Å². The number of carbonyl (C=O) groups is 1. The molecule has 20 heavy (non-hydrogen) atoms. The van der Waals surface area contributed by atoms with Gasteiger partial charge >= 0.3 is 5.97 Å². The molecule has 2 N–H and O–H groups in total. The molecule has 1 aromatic rings. The van der Waals surface area contributed by atoms with E-state index in [4.69, 9.17) is 14.6 Å². The molecule has 0 aliphatic carbocycles. The van der Waals surface area contributed by atoms with E-state index in [1.807, 2.05) is 38.1 Å². The van der Waals surface area contributed by atoms with Crippen LogP contribution in [-0.2, 0) is 4.79 Å². The second-order valence-electron chi connectivity index (χ2n) is 4.68. The lowest BCUT2D eigenvalue weighted by molar-refractivity contribution is -0.140. The van der Waals surface area contributed by atoms with Crippen LogP contribution in [0.25, 0.3) is 0 Å². The predicted molar refractivity (Wildman–Crippen MR) is 77.4 cm³/mol. The van der Waals surface area contributed by atoms with E-state index in [-0.39, 0.29) is 5.92 Å². The topological polar surface area (TPSA) is 67.8 Å². The highest BCUT2D eigenvalue weighted by molar-refractivity contribution is 5.73. The number of benzene rings is 1. The Hall–Kier alpha value is -1.75. The first kappa shape index (κ1) is 16.3. The second-order valence-corrected chi connectivity index (χ2v) is 4.68. The van der Waals surface area contributed by atoms with Gasteiger partial charge in [-0.05, 0) is 30.2 Å². The molecule has 0 bridgehead atoms. The molecule has 0 fully saturated rings. The molecule has 0 heterocycles. The number of carboxylic acids is 1. The molecule has 1 aromatic carbocycles. The summed E-state index contributed by atoms with van der Waals surface area (Å²) in [6, 6.07) is 6.76. The Labute approximate surface area is 119 Å². The van der Waals surface area contributed by atoms with Gasteiger partial charge in [0.15, 0.2) is 0 Å². The van der Waals surface area contributed by atoms with E-state index in [1.54, 1.807) is 7.11 Å². The minimum atomic E-state index is -0.816. The third-order valence-corrected chi connectivity index (χ3v) is 3.27. The highest BCUT2D eigenvalue weighted by Gasteiger charge is 2.22. The molecule has 0 radical (unpaired) electrons. The molecule has 0 spiro atoms. The maximum atomic E-state index is 11.1. The lowest BCUT2D eigenvalue weighted by Gasteiger charge is -2.20. The van der Waals surface area contributed by atoms with Crippen LogP contribution in [0.4, 0.5) is 0 Å². The van der Waals surface area contributed by atoms with E-state index in [2.05, 4.69) is 5.32 Å². The van der Waals surface area contributed by atoms with Crippen LogP contribution >= 0.6 is 0 Å². The molecular weight excluding hydrogens is 258 g/mol. The lowest BCUT2D eigenvalue weighted by Crippen LogP contribution is -2.43. The summed E-state index contributed by atoms with van der Waals surface area (Å²) >= 11 is 0. The van der Waals surface area contributed by atoms with Crippen molar-refractivity contribution in [2.45, 2.75) is 26.3 Å². The largest absolute Gasteiger partial charge is 0.497 e. The summed E-state index contributed by atoms with van der Waals surface area (Å²) in [4.78, 5) is 11.1.